The maximum absolute atomic E-state index is 12.6. The molecule has 0 saturated heterocycles. The van der Waals surface area contributed by atoms with Gasteiger partial charge in [0.1, 0.15) is 6.04 Å². The first kappa shape index (κ1) is 10.5. The van der Waals surface area contributed by atoms with Crippen LogP contribution in [-0.2, 0) is 11.2 Å². The van der Waals surface area contributed by atoms with Crippen molar-refractivity contribution in [1.82, 2.24) is 0 Å². The number of halogens is 1. The summed E-state index contributed by atoms with van der Waals surface area (Å²) in [5.41, 5.74) is 5.75. The van der Waals surface area contributed by atoms with Gasteiger partial charge in [0.25, 0.3) is 0 Å². The molecular weight excluding hydrogens is 188 g/mol. The third-order valence-corrected chi connectivity index (χ3v) is 1.78. The molecule has 0 bridgehead atoms. The number of carboxylic acid groups (broad SMARTS) is 1. The summed E-state index contributed by atoms with van der Waals surface area (Å²) in [6.07, 6.45) is 0.0587. The molecule has 0 aliphatic heterocycles. The van der Waals surface area contributed by atoms with Crippen LogP contribution in [0.1, 0.15) is 5.56 Å². The van der Waals surface area contributed by atoms with Gasteiger partial charge in [-0.15, -0.1) is 0 Å². The van der Waals surface area contributed by atoms with Crippen LogP contribution in [0.2, 0.25) is 0 Å². The molecule has 0 amide bonds. The first-order valence-electron chi connectivity index (χ1n) is 3.96. The van der Waals surface area contributed by atoms with Gasteiger partial charge in [-0.05, 0) is 24.1 Å². The van der Waals surface area contributed by atoms with E-state index in [2.05, 4.69) is 0 Å². The number of aromatic hydroxyl groups is 1. The second kappa shape index (κ2) is 4.06. The Morgan fingerprint density at radius 3 is 2.71 bits per heavy atom. The maximum atomic E-state index is 12.6. The number of phenolic OH excluding ortho intramolecular Hbond substituents is 1. The molecule has 1 unspecified atom stereocenters. The third-order valence-electron chi connectivity index (χ3n) is 1.78. The second-order valence-electron chi connectivity index (χ2n) is 2.93. The van der Waals surface area contributed by atoms with Gasteiger partial charge < -0.3 is 15.9 Å². The molecule has 0 aliphatic rings. The quantitative estimate of drug-likeness (QED) is 0.659. The van der Waals surface area contributed by atoms with Crippen molar-refractivity contribution in [3.05, 3.63) is 29.6 Å². The van der Waals surface area contributed by atoms with E-state index in [0.717, 1.165) is 12.1 Å². The minimum absolute atomic E-state index is 0.0587. The fourth-order valence-corrected chi connectivity index (χ4v) is 1.03. The molecule has 0 saturated carbocycles. The van der Waals surface area contributed by atoms with Crippen LogP contribution in [-0.4, -0.2) is 22.2 Å². The largest absolute Gasteiger partial charge is 0.505 e. The molecule has 0 aromatic heterocycles. The molecule has 0 heterocycles. The molecule has 0 radical (unpaired) electrons. The molecule has 1 rings (SSSR count). The minimum atomic E-state index is -1.13. The van der Waals surface area contributed by atoms with Crippen LogP contribution in [0, 0.1) is 5.82 Å². The van der Waals surface area contributed by atoms with E-state index in [9.17, 15) is 9.18 Å². The first-order chi connectivity index (χ1) is 6.50. The number of carbonyl (C=O) groups is 1. The van der Waals surface area contributed by atoms with Crippen molar-refractivity contribution < 1.29 is 19.4 Å². The van der Waals surface area contributed by atoms with Crippen molar-refractivity contribution in [2.24, 2.45) is 5.73 Å². The number of nitrogens with two attached hydrogens (primary N) is 1. The Kier molecular flexibility index (Phi) is 3.03. The van der Waals surface area contributed by atoms with Crippen LogP contribution in [0.15, 0.2) is 18.2 Å². The van der Waals surface area contributed by atoms with E-state index in [0.29, 0.717) is 5.56 Å². The number of hydrogen-bond acceptors (Lipinski definition) is 3. The highest BCUT2D eigenvalue weighted by Gasteiger charge is 2.12. The van der Waals surface area contributed by atoms with Crippen molar-refractivity contribution in [2.45, 2.75) is 12.5 Å². The van der Waals surface area contributed by atoms with E-state index in [1.165, 1.54) is 6.07 Å². The fourth-order valence-electron chi connectivity index (χ4n) is 1.03. The lowest BCUT2D eigenvalue weighted by Crippen LogP contribution is -2.32. The van der Waals surface area contributed by atoms with Crippen molar-refractivity contribution in [3.63, 3.8) is 0 Å². The van der Waals surface area contributed by atoms with E-state index in [4.69, 9.17) is 15.9 Å². The van der Waals surface area contributed by atoms with Gasteiger partial charge in [-0.2, -0.15) is 0 Å². The zero-order valence-corrected chi connectivity index (χ0v) is 7.27. The zero-order valence-electron chi connectivity index (χ0n) is 7.27. The Balaban J connectivity index is 2.78. The van der Waals surface area contributed by atoms with Crippen molar-refractivity contribution in [1.29, 1.82) is 0 Å². The van der Waals surface area contributed by atoms with Crippen LogP contribution in [0.5, 0.6) is 5.75 Å². The molecule has 1 aromatic carbocycles. The number of hydrogen-bond donors (Lipinski definition) is 3. The van der Waals surface area contributed by atoms with Crippen LogP contribution < -0.4 is 5.73 Å². The summed E-state index contributed by atoms with van der Waals surface area (Å²) >= 11 is 0. The number of phenols is 1. The van der Waals surface area contributed by atoms with Crippen molar-refractivity contribution in [3.8, 4) is 5.75 Å². The predicted octanol–water partition coefficient (Wildman–Crippen LogP) is 0.486. The number of benzene rings is 1. The van der Waals surface area contributed by atoms with Gasteiger partial charge in [0.2, 0.25) is 0 Å². The van der Waals surface area contributed by atoms with Crippen LogP contribution >= 0.6 is 0 Å². The van der Waals surface area contributed by atoms with Crippen LogP contribution in [0.25, 0.3) is 0 Å². The molecule has 76 valence electrons. The highest BCUT2D eigenvalue weighted by Crippen LogP contribution is 2.17. The van der Waals surface area contributed by atoms with Gasteiger partial charge in [0, 0.05) is 0 Å². The minimum Gasteiger partial charge on any atom is -0.505 e. The molecule has 4 nitrogen and oxygen atoms in total. The number of carboxylic acids is 1. The van der Waals surface area contributed by atoms with Crippen LogP contribution in [0.3, 0.4) is 0 Å². The van der Waals surface area contributed by atoms with E-state index in [1.807, 2.05) is 0 Å². The SMILES string of the molecule is NC(Cc1ccc([18F])c(O)c1)C(=O)O. The first-order valence-corrected chi connectivity index (χ1v) is 3.96. The Morgan fingerprint density at radius 2 is 2.21 bits per heavy atom. The van der Waals surface area contributed by atoms with Gasteiger partial charge in [-0.3, -0.25) is 4.79 Å². The van der Waals surface area contributed by atoms with E-state index < -0.39 is 23.6 Å². The summed E-state index contributed by atoms with van der Waals surface area (Å²) < 4.78 is 12.6. The van der Waals surface area contributed by atoms with Crippen molar-refractivity contribution >= 4 is 5.97 Å². The summed E-state index contributed by atoms with van der Waals surface area (Å²) in [7, 11) is 0. The highest BCUT2D eigenvalue weighted by molar-refractivity contribution is 5.73. The van der Waals surface area contributed by atoms with Crippen molar-refractivity contribution in [2.75, 3.05) is 0 Å². The number of aliphatic carboxylic acids is 1. The normalized spacial score (nSPS) is 12.4. The lowest BCUT2D eigenvalue weighted by atomic mass is 10.1. The van der Waals surface area contributed by atoms with Gasteiger partial charge in [0.15, 0.2) is 11.6 Å². The average molecular weight is 198 g/mol. The Hall–Kier alpha value is -1.62. The third kappa shape index (κ3) is 2.43. The molecule has 1 atom stereocenters. The van der Waals surface area contributed by atoms with E-state index in [-0.39, 0.29) is 6.42 Å². The fraction of sp³-hybridized carbons (Fsp3) is 0.222. The Labute approximate surface area is 79.8 Å². The lowest BCUT2D eigenvalue weighted by molar-refractivity contribution is -0.138. The summed E-state index contributed by atoms with van der Waals surface area (Å²) in [5, 5.41) is 17.5. The van der Waals surface area contributed by atoms with Gasteiger partial charge >= 0.3 is 5.97 Å². The summed E-state index contributed by atoms with van der Waals surface area (Å²) in [6, 6.07) is 2.58. The Bertz CT molecular complexity index is 354. The topological polar surface area (TPSA) is 83.5 Å². The molecule has 0 spiro atoms. The van der Waals surface area contributed by atoms with E-state index in [1.54, 1.807) is 0 Å². The summed E-state index contributed by atoms with van der Waals surface area (Å²) in [5.74, 6) is -2.37. The molecule has 4 N–H and O–H groups in total. The Morgan fingerprint density at radius 1 is 1.57 bits per heavy atom. The molecule has 5 heteroatoms. The molecule has 0 aliphatic carbocycles. The van der Waals surface area contributed by atoms with Gasteiger partial charge in [-0.1, -0.05) is 6.07 Å². The van der Waals surface area contributed by atoms with E-state index >= 15 is 0 Å². The smallest absolute Gasteiger partial charge is 0.320 e. The summed E-state index contributed by atoms with van der Waals surface area (Å²) in [4.78, 5) is 10.4. The van der Waals surface area contributed by atoms with Gasteiger partial charge in [0.05, 0.1) is 0 Å². The molecule has 14 heavy (non-hydrogen) atoms. The zero-order chi connectivity index (χ0) is 10.7. The monoisotopic (exact) mass is 198 g/mol. The summed E-state index contributed by atoms with van der Waals surface area (Å²) in [6.45, 7) is 0. The molecular formula is C9H10FNO3. The second-order valence-corrected chi connectivity index (χ2v) is 2.93. The van der Waals surface area contributed by atoms with Gasteiger partial charge in [-0.25, -0.2) is 4.39 Å². The standard InChI is InChI=1S/C9H10FNO3/c10-6-2-1-5(4-8(6)12)3-7(11)9(13)14/h1-2,4,7,12H,3,11H2,(H,13,14)/i10-1. The predicted molar refractivity (Wildman–Crippen MR) is 47.4 cm³/mol. The maximum Gasteiger partial charge on any atom is 0.320 e. The molecule has 1 aromatic rings. The average Bonchev–Trinajstić information content (AvgIpc) is 2.11. The van der Waals surface area contributed by atoms with Crippen LogP contribution in [0.4, 0.5) is 4.39 Å². The molecule has 0 fully saturated rings. The lowest BCUT2D eigenvalue weighted by Gasteiger charge is -2.06. The number of rotatable bonds is 3. The highest BCUT2D eigenvalue weighted by atomic mass is 18.2.